The lowest BCUT2D eigenvalue weighted by atomic mass is 9.95. The van der Waals surface area contributed by atoms with Gasteiger partial charge in [0.1, 0.15) is 12.6 Å². The van der Waals surface area contributed by atoms with E-state index in [0.717, 1.165) is 47.5 Å². The summed E-state index contributed by atoms with van der Waals surface area (Å²) in [6.07, 6.45) is 5.47. The Kier molecular flexibility index (Phi) is 10.9. The quantitative estimate of drug-likeness (QED) is 0.254. The fraction of sp³-hybridized carbons (Fsp3) is 0.375. The van der Waals surface area contributed by atoms with Gasteiger partial charge < -0.3 is 10.2 Å². The van der Waals surface area contributed by atoms with Crippen LogP contribution < -0.4 is 9.62 Å². The van der Waals surface area contributed by atoms with Crippen LogP contribution in [0.2, 0.25) is 10.0 Å². The van der Waals surface area contributed by atoms with Crippen molar-refractivity contribution in [3.63, 3.8) is 0 Å². The van der Waals surface area contributed by atoms with Crippen molar-refractivity contribution in [3.8, 4) is 0 Å². The maximum absolute atomic E-state index is 14.2. The molecule has 0 aliphatic heterocycles. The number of hydrogen-bond acceptors (Lipinski definition) is 4. The van der Waals surface area contributed by atoms with Crippen LogP contribution in [-0.2, 0) is 26.2 Å². The van der Waals surface area contributed by atoms with E-state index in [9.17, 15) is 18.0 Å². The summed E-state index contributed by atoms with van der Waals surface area (Å²) >= 11 is 12.4. The van der Waals surface area contributed by atoms with Crippen molar-refractivity contribution < 1.29 is 18.0 Å². The lowest BCUT2D eigenvalue weighted by Crippen LogP contribution is -2.54. The van der Waals surface area contributed by atoms with E-state index in [4.69, 9.17) is 23.2 Å². The maximum Gasteiger partial charge on any atom is 0.264 e. The van der Waals surface area contributed by atoms with E-state index in [-0.39, 0.29) is 39.1 Å². The zero-order valence-electron chi connectivity index (χ0n) is 23.9. The zero-order chi connectivity index (χ0) is 30.3. The van der Waals surface area contributed by atoms with Gasteiger partial charge >= 0.3 is 0 Å². The Hall–Kier alpha value is -3.07. The fourth-order valence-electron chi connectivity index (χ4n) is 5.25. The summed E-state index contributed by atoms with van der Waals surface area (Å²) in [5.41, 5.74) is 1.92. The van der Waals surface area contributed by atoms with E-state index in [1.165, 1.54) is 35.2 Å². The van der Waals surface area contributed by atoms with Gasteiger partial charge in [0.25, 0.3) is 10.0 Å². The van der Waals surface area contributed by atoms with Crippen molar-refractivity contribution in [1.82, 2.24) is 10.2 Å². The predicted molar refractivity (Wildman–Crippen MR) is 168 cm³/mol. The van der Waals surface area contributed by atoms with Crippen molar-refractivity contribution >= 4 is 50.7 Å². The molecular formula is C32H37Cl2N3O4S. The minimum Gasteiger partial charge on any atom is -0.352 e. The molecule has 3 aromatic rings. The van der Waals surface area contributed by atoms with Gasteiger partial charge in [-0.2, -0.15) is 0 Å². The van der Waals surface area contributed by atoms with Crippen molar-refractivity contribution in [2.45, 2.75) is 75.9 Å². The molecule has 224 valence electrons. The Morgan fingerprint density at radius 3 is 2.21 bits per heavy atom. The number of aryl methyl sites for hydroxylation is 1. The van der Waals surface area contributed by atoms with Gasteiger partial charge in [0, 0.05) is 12.6 Å². The van der Waals surface area contributed by atoms with Gasteiger partial charge in [0.05, 0.1) is 20.6 Å². The largest absolute Gasteiger partial charge is 0.352 e. The van der Waals surface area contributed by atoms with Gasteiger partial charge in [-0.05, 0) is 62.1 Å². The highest BCUT2D eigenvalue weighted by Gasteiger charge is 2.34. The zero-order valence-corrected chi connectivity index (χ0v) is 26.3. The fourth-order valence-corrected chi connectivity index (χ4v) is 6.95. The van der Waals surface area contributed by atoms with Gasteiger partial charge in [-0.1, -0.05) is 97.4 Å². The monoisotopic (exact) mass is 629 g/mol. The first-order valence-electron chi connectivity index (χ1n) is 14.3. The molecule has 1 atom stereocenters. The first kappa shape index (κ1) is 31.9. The summed E-state index contributed by atoms with van der Waals surface area (Å²) in [6, 6.07) is 19.5. The first-order chi connectivity index (χ1) is 20.1. The highest BCUT2D eigenvalue weighted by Crippen LogP contribution is 2.31. The average molecular weight is 631 g/mol. The molecule has 42 heavy (non-hydrogen) atoms. The van der Waals surface area contributed by atoms with E-state index >= 15 is 0 Å². The molecule has 1 saturated carbocycles. The summed E-state index contributed by atoms with van der Waals surface area (Å²) < 4.78 is 29.0. The van der Waals surface area contributed by atoms with E-state index in [2.05, 4.69) is 5.32 Å². The number of carbonyl (C=O) groups is 2. The van der Waals surface area contributed by atoms with Crippen LogP contribution in [0.1, 0.15) is 56.6 Å². The summed E-state index contributed by atoms with van der Waals surface area (Å²) in [4.78, 5) is 29.3. The van der Waals surface area contributed by atoms with Crippen LogP contribution in [0.15, 0.2) is 77.7 Å². The summed E-state index contributed by atoms with van der Waals surface area (Å²) in [5.74, 6) is -0.734. The minimum atomic E-state index is -4.19. The Morgan fingerprint density at radius 2 is 1.60 bits per heavy atom. The number of carbonyl (C=O) groups excluding carboxylic acids is 2. The summed E-state index contributed by atoms with van der Waals surface area (Å²) in [5, 5.41) is 3.57. The molecule has 0 aromatic heterocycles. The SMILES string of the molecule is CC[C@H](C(=O)NC1CCCCC1)N(Cc1ccccc1)C(=O)CN(c1ccc(Cl)c(Cl)c1)S(=O)(=O)c1ccc(C)cc1. The van der Waals surface area contributed by atoms with Gasteiger partial charge in [-0.25, -0.2) is 8.42 Å². The number of anilines is 1. The summed E-state index contributed by atoms with van der Waals surface area (Å²) in [6.45, 7) is 3.34. The number of hydrogen-bond donors (Lipinski definition) is 1. The molecule has 0 heterocycles. The topological polar surface area (TPSA) is 86.8 Å². The molecule has 2 amide bonds. The number of nitrogens with one attached hydrogen (secondary N) is 1. The Labute approximate surface area is 258 Å². The van der Waals surface area contributed by atoms with Crippen molar-refractivity contribution in [2.24, 2.45) is 0 Å². The second kappa shape index (κ2) is 14.4. The van der Waals surface area contributed by atoms with Crippen molar-refractivity contribution in [2.75, 3.05) is 10.8 Å². The van der Waals surface area contributed by atoms with Crippen LogP contribution in [-0.4, -0.2) is 43.8 Å². The average Bonchev–Trinajstić information content (AvgIpc) is 2.98. The highest BCUT2D eigenvalue weighted by atomic mass is 35.5. The number of nitrogens with zero attached hydrogens (tertiary/aromatic N) is 2. The third-order valence-corrected chi connectivity index (χ3v) is 10.1. The Bertz CT molecular complexity index is 1480. The standard InChI is InChI=1S/C32H37Cl2N3O4S/c1-3-30(32(39)35-25-12-8-5-9-13-25)36(21-24-10-6-4-7-11-24)31(38)22-37(26-16-19-28(33)29(34)20-26)42(40,41)27-17-14-23(2)15-18-27/h4,6-7,10-11,14-20,25,30H,3,5,8-9,12-13,21-22H2,1-2H3,(H,35,39)/t30-/m1/s1. The minimum absolute atomic E-state index is 0.0312. The Balaban J connectivity index is 1.71. The maximum atomic E-state index is 14.2. The lowest BCUT2D eigenvalue weighted by molar-refractivity contribution is -0.140. The molecule has 7 nitrogen and oxygen atoms in total. The van der Waals surface area contributed by atoms with Gasteiger partial charge in [-0.3, -0.25) is 13.9 Å². The number of halogens is 2. The predicted octanol–water partition coefficient (Wildman–Crippen LogP) is 6.75. The third kappa shape index (κ3) is 7.85. The second-order valence-electron chi connectivity index (χ2n) is 10.7. The number of sulfonamides is 1. The van der Waals surface area contributed by atoms with Crippen molar-refractivity contribution in [3.05, 3.63) is 94.0 Å². The molecule has 4 rings (SSSR count). The van der Waals surface area contributed by atoms with Crippen LogP contribution in [0.5, 0.6) is 0 Å². The normalized spacial score (nSPS) is 14.7. The van der Waals surface area contributed by atoms with Crippen LogP contribution in [0.4, 0.5) is 5.69 Å². The molecule has 1 aliphatic carbocycles. The molecule has 10 heteroatoms. The number of amides is 2. The smallest absolute Gasteiger partial charge is 0.264 e. The summed E-state index contributed by atoms with van der Waals surface area (Å²) in [7, 11) is -4.19. The highest BCUT2D eigenvalue weighted by molar-refractivity contribution is 7.92. The third-order valence-electron chi connectivity index (χ3n) is 7.61. The molecular weight excluding hydrogens is 593 g/mol. The van der Waals surface area contributed by atoms with Gasteiger partial charge in [0.2, 0.25) is 11.8 Å². The molecule has 0 bridgehead atoms. The van der Waals surface area contributed by atoms with E-state index in [1.807, 2.05) is 44.2 Å². The molecule has 3 aromatic carbocycles. The lowest BCUT2D eigenvalue weighted by Gasteiger charge is -2.34. The molecule has 0 unspecified atom stereocenters. The second-order valence-corrected chi connectivity index (χ2v) is 13.4. The number of benzene rings is 3. The van der Waals surface area contributed by atoms with E-state index in [1.54, 1.807) is 12.1 Å². The van der Waals surface area contributed by atoms with E-state index in [0.29, 0.717) is 6.42 Å². The van der Waals surface area contributed by atoms with Gasteiger partial charge in [-0.15, -0.1) is 0 Å². The van der Waals surface area contributed by atoms with Crippen LogP contribution >= 0.6 is 23.2 Å². The van der Waals surface area contributed by atoms with E-state index < -0.39 is 28.5 Å². The first-order valence-corrected chi connectivity index (χ1v) is 16.5. The van der Waals surface area contributed by atoms with Crippen LogP contribution in [0, 0.1) is 6.92 Å². The van der Waals surface area contributed by atoms with Gasteiger partial charge in [0.15, 0.2) is 0 Å². The molecule has 0 saturated heterocycles. The molecule has 0 radical (unpaired) electrons. The molecule has 1 fully saturated rings. The Morgan fingerprint density at radius 1 is 0.929 bits per heavy atom. The number of rotatable bonds is 11. The van der Waals surface area contributed by atoms with Crippen molar-refractivity contribution in [1.29, 1.82) is 0 Å². The van der Waals surface area contributed by atoms with Crippen LogP contribution in [0.25, 0.3) is 0 Å². The molecule has 1 N–H and O–H groups in total. The molecule has 1 aliphatic rings. The van der Waals surface area contributed by atoms with Crippen LogP contribution in [0.3, 0.4) is 0 Å². The molecule has 0 spiro atoms.